The molecule has 9 heteroatoms. The van der Waals surface area contributed by atoms with Crippen LogP contribution in [0.15, 0.2) is 41.3 Å². The van der Waals surface area contributed by atoms with Crippen molar-refractivity contribution in [3.8, 4) is 5.69 Å². The Bertz CT molecular complexity index is 1010. The lowest BCUT2D eigenvalue weighted by Crippen LogP contribution is -2.48. The van der Waals surface area contributed by atoms with Crippen LogP contribution in [-0.4, -0.2) is 76.7 Å². The first-order valence-corrected chi connectivity index (χ1v) is 12.3. The highest BCUT2D eigenvalue weighted by Crippen LogP contribution is 2.23. The van der Waals surface area contributed by atoms with Gasteiger partial charge in [0.25, 0.3) is 0 Å². The van der Waals surface area contributed by atoms with Crippen LogP contribution in [0.25, 0.3) is 5.69 Å². The lowest BCUT2D eigenvalue weighted by molar-refractivity contribution is 0.140. The van der Waals surface area contributed by atoms with Gasteiger partial charge in [0, 0.05) is 50.5 Å². The molecule has 34 heavy (non-hydrogen) atoms. The quantitative estimate of drug-likeness (QED) is 0.598. The summed E-state index contributed by atoms with van der Waals surface area (Å²) in [6.07, 6.45) is 7.16. The SMILES string of the molecule is CC(Cc1ccc(-n2ccc(NC(=O)N3CCNCC3)nc2=O)cc1)N(C)C1CCC(N)CC1. The zero-order valence-electron chi connectivity index (χ0n) is 20.2. The van der Waals surface area contributed by atoms with E-state index in [2.05, 4.69) is 46.6 Å². The van der Waals surface area contributed by atoms with Gasteiger partial charge in [-0.3, -0.25) is 9.88 Å². The fraction of sp³-hybridized carbons (Fsp3) is 0.560. The van der Waals surface area contributed by atoms with E-state index in [1.807, 2.05) is 12.1 Å². The van der Waals surface area contributed by atoms with E-state index >= 15 is 0 Å². The molecule has 0 bridgehead atoms. The largest absolute Gasteiger partial charge is 0.354 e. The van der Waals surface area contributed by atoms with Gasteiger partial charge in [0.05, 0.1) is 5.69 Å². The number of nitrogens with zero attached hydrogens (tertiary/aromatic N) is 4. The minimum absolute atomic E-state index is 0.231. The summed E-state index contributed by atoms with van der Waals surface area (Å²) in [6, 6.07) is 10.9. The van der Waals surface area contributed by atoms with Crippen molar-refractivity contribution in [3.63, 3.8) is 0 Å². The van der Waals surface area contributed by atoms with Gasteiger partial charge < -0.3 is 20.9 Å². The maximum Gasteiger partial charge on any atom is 0.354 e. The Hall–Kier alpha value is -2.75. The fourth-order valence-electron chi connectivity index (χ4n) is 4.87. The number of rotatable bonds is 6. The standard InChI is InChI=1S/C25H37N7O2/c1-18(30(2)21-9-5-20(26)6-10-21)17-19-3-7-22(8-4-19)32-14-11-23(29-25(32)34)28-24(33)31-15-12-27-13-16-31/h3-4,7-8,11,14,18,20-21,27H,5-6,9-10,12-13,15-17,26H2,1-2H3,(H,28,29,33,34). The van der Waals surface area contributed by atoms with Gasteiger partial charge in [-0.1, -0.05) is 12.1 Å². The number of urea groups is 1. The number of carbonyl (C=O) groups is 1. The summed E-state index contributed by atoms with van der Waals surface area (Å²) in [5.74, 6) is 0.266. The highest BCUT2D eigenvalue weighted by atomic mass is 16.2. The summed E-state index contributed by atoms with van der Waals surface area (Å²) in [5.41, 5.74) is 7.62. The highest BCUT2D eigenvalue weighted by Gasteiger charge is 2.25. The van der Waals surface area contributed by atoms with Gasteiger partial charge in [-0.2, -0.15) is 4.98 Å². The molecular formula is C25H37N7O2. The van der Waals surface area contributed by atoms with Gasteiger partial charge in [-0.15, -0.1) is 0 Å². The number of likely N-dealkylation sites (N-methyl/N-ethyl adjacent to an activating group) is 1. The summed E-state index contributed by atoms with van der Waals surface area (Å²) < 4.78 is 1.49. The van der Waals surface area contributed by atoms with Crippen LogP contribution in [0.3, 0.4) is 0 Å². The zero-order chi connectivity index (χ0) is 24.1. The Balaban J connectivity index is 1.35. The summed E-state index contributed by atoms with van der Waals surface area (Å²) in [5, 5.41) is 5.93. The number of anilines is 1. The highest BCUT2D eigenvalue weighted by molar-refractivity contribution is 5.88. The van der Waals surface area contributed by atoms with E-state index in [0.29, 0.717) is 31.2 Å². The lowest BCUT2D eigenvalue weighted by atomic mass is 9.90. The molecule has 1 aliphatic heterocycles. The topological polar surface area (TPSA) is 109 Å². The van der Waals surface area contributed by atoms with Crippen LogP contribution >= 0.6 is 0 Å². The molecule has 1 aromatic heterocycles. The van der Waals surface area contributed by atoms with Gasteiger partial charge in [0.2, 0.25) is 0 Å². The van der Waals surface area contributed by atoms with E-state index < -0.39 is 5.69 Å². The maximum atomic E-state index is 12.6. The first-order chi connectivity index (χ1) is 16.4. The number of nitrogens with two attached hydrogens (primary N) is 1. The average Bonchev–Trinajstić information content (AvgIpc) is 2.85. The summed E-state index contributed by atoms with van der Waals surface area (Å²) >= 11 is 0. The van der Waals surface area contributed by atoms with E-state index in [1.54, 1.807) is 17.2 Å². The van der Waals surface area contributed by atoms with Crippen molar-refractivity contribution < 1.29 is 4.79 Å². The third kappa shape index (κ3) is 6.02. The van der Waals surface area contributed by atoms with Crippen molar-refractivity contribution in [2.45, 2.75) is 57.2 Å². The van der Waals surface area contributed by atoms with Crippen molar-refractivity contribution in [2.75, 3.05) is 38.5 Å². The summed E-state index contributed by atoms with van der Waals surface area (Å²) in [7, 11) is 2.22. The zero-order valence-corrected chi connectivity index (χ0v) is 20.2. The van der Waals surface area contributed by atoms with Gasteiger partial charge in [-0.05, 0) is 69.8 Å². The Morgan fingerprint density at radius 3 is 2.50 bits per heavy atom. The maximum absolute atomic E-state index is 12.6. The van der Waals surface area contributed by atoms with E-state index in [0.717, 1.165) is 38.0 Å². The molecule has 184 valence electrons. The van der Waals surface area contributed by atoms with E-state index in [4.69, 9.17) is 5.73 Å². The van der Waals surface area contributed by atoms with Crippen molar-refractivity contribution >= 4 is 11.8 Å². The number of hydrogen-bond donors (Lipinski definition) is 3. The monoisotopic (exact) mass is 467 g/mol. The third-order valence-corrected chi connectivity index (χ3v) is 7.20. The molecule has 9 nitrogen and oxygen atoms in total. The molecule has 4 rings (SSSR count). The predicted molar refractivity (Wildman–Crippen MR) is 134 cm³/mol. The van der Waals surface area contributed by atoms with Crippen LogP contribution in [0, 0.1) is 0 Å². The first-order valence-electron chi connectivity index (χ1n) is 12.3. The summed E-state index contributed by atoms with van der Waals surface area (Å²) in [4.78, 5) is 33.2. The number of benzene rings is 1. The number of hydrogen-bond acceptors (Lipinski definition) is 6. The van der Waals surface area contributed by atoms with E-state index in [-0.39, 0.29) is 11.8 Å². The second-order valence-corrected chi connectivity index (χ2v) is 9.59. The second-order valence-electron chi connectivity index (χ2n) is 9.59. The summed E-state index contributed by atoms with van der Waals surface area (Å²) in [6.45, 7) is 5.08. The molecular weight excluding hydrogens is 430 g/mol. The van der Waals surface area contributed by atoms with Crippen molar-refractivity contribution in [2.24, 2.45) is 5.73 Å². The minimum atomic E-state index is -0.422. The molecule has 2 amide bonds. The molecule has 2 heterocycles. The molecule has 0 radical (unpaired) electrons. The number of nitrogens with one attached hydrogen (secondary N) is 2. The van der Waals surface area contributed by atoms with Gasteiger partial charge in [0.15, 0.2) is 0 Å². The van der Waals surface area contributed by atoms with Crippen LogP contribution in [-0.2, 0) is 6.42 Å². The number of amides is 2. The van der Waals surface area contributed by atoms with Gasteiger partial charge in [0.1, 0.15) is 5.82 Å². The Labute approximate surface area is 201 Å². The minimum Gasteiger partial charge on any atom is -0.328 e. The molecule has 1 aliphatic carbocycles. The molecule has 1 unspecified atom stereocenters. The predicted octanol–water partition coefficient (Wildman–Crippen LogP) is 1.80. The molecule has 1 aromatic carbocycles. The van der Waals surface area contributed by atoms with Gasteiger partial charge in [-0.25, -0.2) is 9.59 Å². The van der Waals surface area contributed by atoms with Crippen molar-refractivity contribution in [1.82, 2.24) is 24.7 Å². The number of aromatic nitrogens is 2. The fourth-order valence-corrected chi connectivity index (χ4v) is 4.87. The Morgan fingerprint density at radius 2 is 1.85 bits per heavy atom. The van der Waals surface area contributed by atoms with Crippen LogP contribution in [0.5, 0.6) is 0 Å². The van der Waals surface area contributed by atoms with Crippen LogP contribution in [0.4, 0.5) is 10.6 Å². The second kappa shape index (κ2) is 11.1. The van der Waals surface area contributed by atoms with E-state index in [1.165, 1.54) is 23.0 Å². The number of carbonyl (C=O) groups excluding carboxylic acids is 1. The van der Waals surface area contributed by atoms with Gasteiger partial charge >= 0.3 is 11.7 Å². The molecule has 2 fully saturated rings. The molecule has 1 saturated heterocycles. The third-order valence-electron chi connectivity index (χ3n) is 7.20. The normalized spacial score (nSPS) is 21.9. The van der Waals surface area contributed by atoms with Crippen molar-refractivity contribution in [3.05, 3.63) is 52.6 Å². The van der Waals surface area contributed by atoms with Crippen LogP contribution < -0.4 is 22.1 Å². The lowest BCUT2D eigenvalue weighted by Gasteiger charge is -2.37. The Morgan fingerprint density at radius 1 is 1.18 bits per heavy atom. The van der Waals surface area contributed by atoms with Crippen LogP contribution in [0.1, 0.15) is 38.2 Å². The number of piperazine rings is 1. The molecule has 0 spiro atoms. The van der Waals surface area contributed by atoms with Crippen molar-refractivity contribution in [1.29, 1.82) is 0 Å². The first kappa shape index (κ1) is 24.4. The average molecular weight is 468 g/mol. The van der Waals surface area contributed by atoms with Crippen LogP contribution in [0.2, 0.25) is 0 Å². The smallest absolute Gasteiger partial charge is 0.328 e. The molecule has 4 N–H and O–H groups in total. The molecule has 1 saturated carbocycles. The molecule has 1 atom stereocenters. The van der Waals surface area contributed by atoms with E-state index in [9.17, 15) is 9.59 Å². The molecule has 2 aromatic rings. The Kier molecular flexibility index (Phi) is 7.97. The molecule has 2 aliphatic rings.